The van der Waals surface area contributed by atoms with Gasteiger partial charge in [0.25, 0.3) is 0 Å². The van der Waals surface area contributed by atoms with Gasteiger partial charge in [-0.2, -0.15) is 0 Å². The van der Waals surface area contributed by atoms with Crippen molar-refractivity contribution in [2.24, 2.45) is 0 Å². The number of carbonyl (C=O) groups excluding carboxylic acids is 1. The summed E-state index contributed by atoms with van der Waals surface area (Å²) in [6, 6.07) is 6.69. The van der Waals surface area contributed by atoms with E-state index in [9.17, 15) is 9.59 Å². The third-order valence-electron chi connectivity index (χ3n) is 2.46. The molecule has 0 aromatic carbocycles. The predicted octanol–water partition coefficient (Wildman–Crippen LogP) is 3.01. The third-order valence-corrected chi connectivity index (χ3v) is 2.46. The first-order valence-electron chi connectivity index (χ1n) is 5.87. The lowest BCUT2D eigenvalue weighted by atomic mass is 10.1. The molecule has 0 atom stereocenters. The maximum atomic E-state index is 12.0. The molecule has 2 heterocycles. The Balaban J connectivity index is 2.18. The van der Waals surface area contributed by atoms with Gasteiger partial charge in [-0.05, 0) is 42.5 Å². The van der Waals surface area contributed by atoms with E-state index in [1.54, 1.807) is 24.3 Å². The van der Waals surface area contributed by atoms with Gasteiger partial charge in [0.2, 0.25) is 0 Å². The van der Waals surface area contributed by atoms with Crippen LogP contribution >= 0.6 is 0 Å². The van der Waals surface area contributed by atoms with Crippen LogP contribution in [-0.4, -0.2) is 16.9 Å². The molecule has 2 aromatic rings. The van der Waals surface area contributed by atoms with Gasteiger partial charge in [-0.15, -0.1) is 0 Å². The first kappa shape index (κ1) is 13.6. The Morgan fingerprint density at radius 2 is 1.75 bits per heavy atom. The average Bonchev–Trinajstić information content (AvgIpc) is 3.07. The van der Waals surface area contributed by atoms with Crippen LogP contribution in [-0.2, 0) is 9.59 Å². The summed E-state index contributed by atoms with van der Waals surface area (Å²) in [5.74, 6) is -0.533. The Kier molecular flexibility index (Phi) is 4.34. The predicted molar refractivity (Wildman–Crippen MR) is 71.7 cm³/mol. The fraction of sp³-hybridized carbons (Fsp3) is 0.0667. The number of rotatable bonds is 6. The van der Waals surface area contributed by atoms with E-state index < -0.39 is 11.8 Å². The van der Waals surface area contributed by atoms with E-state index in [1.165, 1.54) is 30.8 Å². The fourth-order valence-electron chi connectivity index (χ4n) is 1.57. The van der Waals surface area contributed by atoms with Crippen molar-refractivity contribution in [1.82, 2.24) is 0 Å². The molecule has 0 radical (unpaired) electrons. The molecule has 0 saturated carbocycles. The zero-order chi connectivity index (χ0) is 14.4. The highest BCUT2D eigenvalue weighted by molar-refractivity contribution is 6.10. The lowest BCUT2D eigenvalue weighted by Gasteiger charge is -1.99. The summed E-state index contributed by atoms with van der Waals surface area (Å²) >= 11 is 0. The van der Waals surface area contributed by atoms with Crippen molar-refractivity contribution in [1.29, 1.82) is 0 Å². The van der Waals surface area contributed by atoms with Crippen molar-refractivity contribution in [3.63, 3.8) is 0 Å². The molecule has 0 aliphatic carbocycles. The molecule has 0 unspecified atom stereocenters. The van der Waals surface area contributed by atoms with Gasteiger partial charge in [0.15, 0.2) is 5.78 Å². The molecule has 0 amide bonds. The van der Waals surface area contributed by atoms with Gasteiger partial charge in [0.1, 0.15) is 11.5 Å². The highest BCUT2D eigenvalue weighted by atomic mass is 16.4. The van der Waals surface area contributed by atoms with Gasteiger partial charge in [-0.25, -0.2) is 0 Å². The smallest absolute Gasteiger partial charge is 0.307 e. The van der Waals surface area contributed by atoms with Crippen LogP contribution < -0.4 is 0 Å². The number of carboxylic acids is 1. The molecule has 2 rings (SSSR count). The third kappa shape index (κ3) is 3.84. The lowest BCUT2D eigenvalue weighted by molar-refractivity contribution is -0.136. The Morgan fingerprint density at radius 1 is 1.10 bits per heavy atom. The van der Waals surface area contributed by atoms with E-state index >= 15 is 0 Å². The topological polar surface area (TPSA) is 80.6 Å². The lowest BCUT2D eigenvalue weighted by Crippen LogP contribution is -2.05. The minimum absolute atomic E-state index is 0.134. The summed E-state index contributed by atoms with van der Waals surface area (Å²) in [5.41, 5.74) is 0.134. The number of aliphatic carboxylic acids is 1. The molecular weight excluding hydrogens is 260 g/mol. The molecule has 102 valence electrons. The van der Waals surface area contributed by atoms with E-state index in [1.807, 2.05) is 0 Å². The quantitative estimate of drug-likeness (QED) is 0.817. The number of furan rings is 2. The number of hydrogen-bond acceptors (Lipinski definition) is 4. The summed E-state index contributed by atoms with van der Waals surface area (Å²) in [6.07, 6.45) is 6.75. The molecule has 0 bridgehead atoms. The normalized spacial score (nSPS) is 11.9. The molecule has 1 N–H and O–H groups in total. The highest BCUT2D eigenvalue weighted by Gasteiger charge is 2.12. The molecule has 2 aromatic heterocycles. The van der Waals surface area contributed by atoms with E-state index in [-0.39, 0.29) is 12.0 Å². The Morgan fingerprint density at radius 3 is 2.30 bits per heavy atom. The van der Waals surface area contributed by atoms with Crippen molar-refractivity contribution in [2.75, 3.05) is 0 Å². The summed E-state index contributed by atoms with van der Waals surface area (Å²) < 4.78 is 10.1. The number of ketones is 1. The standard InChI is InChI=1S/C15H12O5/c16-14(6-5-12-3-1-7-19-12)11(10-15(17)18)9-13-4-2-8-20-13/h1-9H,10H2,(H,17,18). The van der Waals surface area contributed by atoms with Gasteiger partial charge in [-0.1, -0.05) is 0 Å². The maximum Gasteiger partial charge on any atom is 0.307 e. The van der Waals surface area contributed by atoms with Crippen LogP contribution in [0.2, 0.25) is 0 Å². The van der Waals surface area contributed by atoms with Gasteiger partial charge in [-0.3, -0.25) is 9.59 Å². The summed E-state index contributed by atoms with van der Waals surface area (Å²) in [6.45, 7) is 0. The van der Waals surface area contributed by atoms with Crippen molar-refractivity contribution in [2.45, 2.75) is 6.42 Å². The van der Waals surface area contributed by atoms with E-state index in [2.05, 4.69) is 0 Å². The minimum atomic E-state index is -1.08. The average molecular weight is 272 g/mol. The van der Waals surface area contributed by atoms with Gasteiger partial charge >= 0.3 is 5.97 Å². The second kappa shape index (κ2) is 6.38. The van der Waals surface area contributed by atoms with Crippen LogP contribution in [0.3, 0.4) is 0 Å². The molecular formula is C15H12O5. The van der Waals surface area contributed by atoms with E-state index in [0.29, 0.717) is 11.5 Å². The van der Waals surface area contributed by atoms with Crippen LogP contribution in [0.25, 0.3) is 12.2 Å². The molecule has 0 spiro atoms. The molecule has 5 heteroatoms. The van der Waals surface area contributed by atoms with Crippen molar-refractivity contribution in [3.8, 4) is 0 Å². The van der Waals surface area contributed by atoms with Gasteiger partial charge in [0, 0.05) is 5.57 Å². The zero-order valence-corrected chi connectivity index (χ0v) is 10.5. The first-order chi connectivity index (χ1) is 9.65. The highest BCUT2D eigenvalue weighted by Crippen LogP contribution is 2.13. The largest absolute Gasteiger partial charge is 0.481 e. The second-order valence-electron chi connectivity index (χ2n) is 3.97. The van der Waals surface area contributed by atoms with Crippen LogP contribution in [0.4, 0.5) is 0 Å². The van der Waals surface area contributed by atoms with E-state index in [4.69, 9.17) is 13.9 Å². The zero-order valence-electron chi connectivity index (χ0n) is 10.5. The fourth-order valence-corrected chi connectivity index (χ4v) is 1.57. The Labute approximate surface area is 114 Å². The SMILES string of the molecule is O=C(O)CC(=Cc1ccco1)C(=O)C=Cc1ccco1. The van der Waals surface area contributed by atoms with Gasteiger partial charge < -0.3 is 13.9 Å². The first-order valence-corrected chi connectivity index (χ1v) is 5.87. The molecule has 0 aliphatic heterocycles. The molecule has 5 nitrogen and oxygen atoms in total. The van der Waals surface area contributed by atoms with Crippen molar-refractivity contribution in [3.05, 3.63) is 60.0 Å². The van der Waals surface area contributed by atoms with Gasteiger partial charge in [0.05, 0.1) is 18.9 Å². The molecule has 0 fully saturated rings. The van der Waals surface area contributed by atoms with E-state index in [0.717, 1.165) is 0 Å². The number of hydrogen-bond donors (Lipinski definition) is 1. The van der Waals surface area contributed by atoms with Crippen LogP contribution in [0.5, 0.6) is 0 Å². The number of allylic oxidation sites excluding steroid dienone is 1. The Hall–Kier alpha value is -2.82. The summed E-state index contributed by atoms with van der Waals surface area (Å²) in [5, 5.41) is 8.85. The molecule has 0 saturated heterocycles. The Bertz CT molecular complexity index is 630. The van der Waals surface area contributed by atoms with Crippen LogP contribution in [0.15, 0.2) is 57.3 Å². The summed E-state index contributed by atoms with van der Waals surface area (Å²) in [7, 11) is 0. The van der Waals surface area contributed by atoms with Crippen LogP contribution in [0.1, 0.15) is 17.9 Å². The monoisotopic (exact) mass is 272 g/mol. The van der Waals surface area contributed by atoms with Crippen molar-refractivity contribution < 1.29 is 23.5 Å². The number of carbonyl (C=O) groups is 2. The van der Waals surface area contributed by atoms with Crippen molar-refractivity contribution >= 4 is 23.9 Å². The summed E-state index contributed by atoms with van der Waals surface area (Å²) in [4.78, 5) is 22.8. The second-order valence-corrected chi connectivity index (χ2v) is 3.97. The van der Waals surface area contributed by atoms with Crippen LogP contribution in [0, 0.1) is 0 Å². The minimum Gasteiger partial charge on any atom is -0.481 e. The number of carboxylic acid groups (broad SMARTS) is 1. The molecule has 0 aliphatic rings. The molecule has 20 heavy (non-hydrogen) atoms. The maximum absolute atomic E-state index is 12.0.